The molecule has 1 saturated heterocycles. The fraction of sp³-hybridized carbons (Fsp3) is 0.625. The molecule has 20 heavy (non-hydrogen) atoms. The van der Waals surface area contributed by atoms with Crippen molar-refractivity contribution in [2.75, 3.05) is 20.2 Å². The van der Waals surface area contributed by atoms with Crippen LogP contribution in [0.15, 0.2) is 18.2 Å². The lowest BCUT2D eigenvalue weighted by molar-refractivity contribution is 0.121. The fourth-order valence-corrected chi connectivity index (χ4v) is 2.99. The zero-order valence-electron chi connectivity index (χ0n) is 12.7. The molecule has 3 N–H and O–H groups in total. The Labute approximate surface area is 121 Å². The molecule has 0 bridgehead atoms. The molecule has 0 aromatic heterocycles. The van der Waals surface area contributed by atoms with E-state index in [-0.39, 0.29) is 11.8 Å². The Kier molecular flexibility index (Phi) is 4.89. The van der Waals surface area contributed by atoms with Crippen LogP contribution in [0.2, 0.25) is 0 Å². The quantitative estimate of drug-likeness (QED) is 0.888. The van der Waals surface area contributed by atoms with Gasteiger partial charge in [-0.3, -0.25) is 4.90 Å². The summed E-state index contributed by atoms with van der Waals surface area (Å²) >= 11 is 0. The first kappa shape index (κ1) is 15.1. The summed E-state index contributed by atoms with van der Waals surface area (Å²) in [7, 11) is 1.58. The standard InChI is InChI=1S/C16H26N2O2/c1-11(17)14-5-4-8-18(10-14)12(2)13-6-7-15(19)16(9-13)20-3/h6-7,9,11-12,14,19H,4-5,8,10,17H2,1-3H3. The van der Waals surface area contributed by atoms with Gasteiger partial charge in [-0.1, -0.05) is 6.07 Å². The van der Waals surface area contributed by atoms with Gasteiger partial charge in [-0.2, -0.15) is 0 Å². The van der Waals surface area contributed by atoms with E-state index in [1.54, 1.807) is 13.2 Å². The van der Waals surface area contributed by atoms with Gasteiger partial charge in [-0.15, -0.1) is 0 Å². The van der Waals surface area contributed by atoms with E-state index in [4.69, 9.17) is 10.5 Å². The topological polar surface area (TPSA) is 58.7 Å². The van der Waals surface area contributed by atoms with Gasteiger partial charge in [0.05, 0.1) is 7.11 Å². The highest BCUT2D eigenvalue weighted by Gasteiger charge is 2.26. The zero-order valence-corrected chi connectivity index (χ0v) is 12.7. The van der Waals surface area contributed by atoms with Crippen LogP contribution in [0.5, 0.6) is 11.5 Å². The summed E-state index contributed by atoms with van der Waals surface area (Å²) in [6.07, 6.45) is 2.42. The van der Waals surface area contributed by atoms with Crippen molar-refractivity contribution in [2.45, 2.75) is 38.8 Å². The van der Waals surface area contributed by atoms with Gasteiger partial charge in [-0.05, 0) is 56.8 Å². The lowest BCUT2D eigenvalue weighted by atomic mass is 9.90. The third kappa shape index (κ3) is 3.25. The van der Waals surface area contributed by atoms with Gasteiger partial charge >= 0.3 is 0 Å². The van der Waals surface area contributed by atoms with Crippen LogP contribution in [0.25, 0.3) is 0 Å². The predicted octanol–water partition coefficient (Wildman–Crippen LogP) is 2.52. The Morgan fingerprint density at radius 1 is 1.40 bits per heavy atom. The Hall–Kier alpha value is -1.26. The summed E-state index contributed by atoms with van der Waals surface area (Å²) in [6.45, 7) is 6.45. The lowest BCUT2D eigenvalue weighted by Crippen LogP contribution is -2.43. The van der Waals surface area contributed by atoms with Crippen molar-refractivity contribution in [3.63, 3.8) is 0 Å². The fourth-order valence-electron chi connectivity index (χ4n) is 2.99. The molecule has 3 unspecified atom stereocenters. The van der Waals surface area contributed by atoms with Crippen molar-refractivity contribution in [1.82, 2.24) is 4.90 Å². The summed E-state index contributed by atoms with van der Waals surface area (Å²) in [4.78, 5) is 2.48. The number of nitrogens with two attached hydrogens (primary N) is 1. The van der Waals surface area contributed by atoms with Crippen LogP contribution < -0.4 is 10.5 Å². The van der Waals surface area contributed by atoms with Gasteiger partial charge in [0.15, 0.2) is 11.5 Å². The van der Waals surface area contributed by atoms with E-state index in [2.05, 4.69) is 18.7 Å². The molecule has 0 spiro atoms. The Bertz CT molecular complexity index is 448. The third-order valence-corrected chi connectivity index (χ3v) is 4.47. The molecule has 0 radical (unpaired) electrons. The van der Waals surface area contributed by atoms with Crippen LogP contribution >= 0.6 is 0 Å². The highest BCUT2D eigenvalue weighted by atomic mass is 16.5. The Morgan fingerprint density at radius 2 is 2.15 bits per heavy atom. The lowest BCUT2D eigenvalue weighted by Gasteiger charge is -2.38. The molecule has 1 aromatic carbocycles. The van der Waals surface area contributed by atoms with Crippen LogP contribution in [0.3, 0.4) is 0 Å². The number of piperidine rings is 1. The molecule has 3 atom stereocenters. The summed E-state index contributed by atoms with van der Waals surface area (Å²) < 4.78 is 5.19. The predicted molar refractivity (Wildman–Crippen MR) is 81.0 cm³/mol. The molecule has 4 nitrogen and oxygen atoms in total. The minimum atomic E-state index is 0.190. The van der Waals surface area contributed by atoms with Crippen LogP contribution in [-0.4, -0.2) is 36.2 Å². The highest BCUT2D eigenvalue weighted by Crippen LogP contribution is 2.33. The van der Waals surface area contributed by atoms with E-state index in [1.165, 1.54) is 18.4 Å². The molecule has 4 heteroatoms. The molecule has 1 aliphatic rings. The SMILES string of the molecule is COc1cc(C(C)N2CCCC(C(C)N)C2)ccc1O. The maximum atomic E-state index is 9.69. The number of likely N-dealkylation sites (tertiary alicyclic amines) is 1. The molecule has 0 amide bonds. The molecular weight excluding hydrogens is 252 g/mol. The van der Waals surface area contributed by atoms with Gasteiger partial charge in [0.25, 0.3) is 0 Å². The van der Waals surface area contributed by atoms with Gasteiger partial charge in [0, 0.05) is 18.6 Å². The molecule has 0 aliphatic carbocycles. The van der Waals surface area contributed by atoms with Crippen molar-refractivity contribution in [2.24, 2.45) is 11.7 Å². The Morgan fingerprint density at radius 3 is 2.80 bits per heavy atom. The number of aromatic hydroxyl groups is 1. The number of rotatable bonds is 4. The molecular formula is C16H26N2O2. The van der Waals surface area contributed by atoms with Gasteiger partial charge < -0.3 is 15.6 Å². The van der Waals surface area contributed by atoms with Gasteiger partial charge in [-0.25, -0.2) is 0 Å². The summed E-state index contributed by atoms with van der Waals surface area (Å²) in [5.41, 5.74) is 7.23. The number of hydrogen-bond donors (Lipinski definition) is 2. The normalized spacial score (nSPS) is 23.3. The van der Waals surface area contributed by atoms with E-state index in [0.29, 0.717) is 17.7 Å². The molecule has 112 valence electrons. The molecule has 1 aromatic rings. The van der Waals surface area contributed by atoms with Gasteiger partial charge in [0.2, 0.25) is 0 Å². The number of nitrogens with zero attached hydrogens (tertiary/aromatic N) is 1. The minimum Gasteiger partial charge on any atom is -0.504 e. The largest absolute Gasteiger partial charge is 0.504 e. The monoisotopic (exact) mass is 278 g/mol. The van der Waals surface area contributed by atoms with Crippen molar-refractivity contribution >= 4 is 0 Å². The van der Waals surface area contributed by atoms with Crippen LogP contribution in [0, 0.1) is 5.92 Å². The summed E-state index contributed by atoms with van der Waals surface area (Å²) in [6, 6.07) is 6.16. The molecule has 1 aliphatic heterocycles. The highest BCUT2D eigenvalue weighted by molar-refractivity contribution is 5.42. The number of benzene rings is 1. The number of hydrogen-bond acceptors (Lipinski definition) is 4. The maximum Gasteiger partial charge on any atom is 0.160 e. The van der Waals surface area contributed by atoms with Crippen molar-refractivity contribution in [3.05, 3.63) is 23.8 Å². The first-order chi connectivity index (χ1) is 9.52. The molecule has 1 fully saturated rings. The zero-order chi connectivity index (χ0) is 14.7. The summed E-state index contributed by atoms with van der Waals surface area (Å²) in [5.74, 6) is 1.30. The number of phenolic OH excluding ortho intramolecular Hbond substituents is 1. The summed E-state index contributed by atoms with van der Waals surface area (Å²) in [5, 5.41) is 9.69. The van der Waals surface area contributed by atoms with Gasteiger partial charge in [0.1, 0.15) is 0 Å². The van der Waals surface area contributed by atoms with E-state index < -0.39 is 0 Å². The second kappa shape index (κ2) is 6.46. The van der Waals surface area contributed by atoms with Crippen LogP contribution in [0.4, 0.5) is 0 Å². The minimum absolute atomic E-state index is 0.190. The number of ether oxygens (including phenoxy) is 1. The second-order valence-corrected chi connectivity index (χ2v) is 5.86. The average Bonchev–Trinajstić information content (AvgIpc) is 2.47. The Balaban J connectivity index is 2.12. The van der Waals surface area contributed by atoms with E-state index >= 15 is 0 Å². The first-order valence-corrected chi connectivity index (χ1v) is 7.39. The van der Waals surface area contributed by atoms with E-state index in [0.717, 1.165) is 13.1 Å². The maximum absolute atomic E-state index is 9.69. The van der Waals surface area contributed by atoms with Crippen molar-refractivity contribution in [3.8, 4) is 11.5 Å². The van der Waals surface area contributed by atoms with Crippen molar-refractivity contribution in [1.29, 1.82) is 0 Å². The first-order valence-electron chi connectivity index (χ1n) is 7.39. The third-order valence-electron chi connectivity index (χ3n) is 4.47. The van der Waals surface area contributed by atoms with E-state index in [1.807, 2.05) is 12.1 Å². The van der Waals surface area contributed by atoms with Crippen molar-refractivity contribution < 1.29 is 9.84 Å². The second-order valence-electron chi connectivity index (χ2n) is 5.86. The smallest absolute Gasteiger partial charge is 0.160 e. The molecule has 2 rings (SSSR count). The molecule has 0 saturated carbocycles. The van der Waals surface area contributed by atoms with E-state index in [9.17, 15) is 5.11 Å². The van der Waals surface area contributed by atoms with Crippen LogP contribution in [-0.2, 0) is 0 Å². The average molecular weight is 278 g/mol. The van der Waals surface area contributed by atoms with Crippen LogP contribution in [0.1, 0.15) is 38.3 Å². The number of methoxy groups -OCH3 is 1. The number of phenols is 1. The molecule has 1 heterocycles.